The van der Waals surface area contributed by atoms with Crippen LogP contribution in [0.5, 0.6) is 0 Å². The predicted octanol–water partition coefficient (Wildman–Crippen LogP) is 3.01. The van der Waals surface area contributed by atoms with Crippen molar-refractivity contribution in [1.82, 2.24) is 14.9 Å². The highest BCUT2D eigenvalue weighted by Crippen LogP contribution is 2.17. The SMILES string of the molecule is CCCNC(Cc1cccc(C)c1)c1cn(C)cn1. The summed E-state index contributed by atoms with van der Waals surface area (Å²) < 4.78 is 2.01. The number of nitrogens with zero attached hydrogens (tertiary/aromatic N) is 2. The van der Waals surface area contributed by atoms with Gasteiger partial charge in [-0.05, 0) is 31.9 Å². The molecule has 102 valence electrons. The number of nitrogens with one attached hydrogen (secondary N) is 1. The molecule has 2 aromatic rings. The number of benzene rings is 1. The van der Waals surface area contributed by atoms with E-state index in [9.17, 15) is 0 Å². The molecular formula is C16H23N3. The molecular weight excluding hydrogens is 234 g/mol. The fraction of sp³-hybridized carbons (Fsp3) is 0.438. The minimum atomic E-state index is 0.294. The number of aromatic nitrogens is 2. The van der Waals surface area contributed by atoms with Gasteiger partial charge in [0.1, 0.15) is 0 Å². The minimum absolute atomic E-state index is 0.294. The van der Waals surface area contributed by atoms with E-state index in [0.717, 1.165) is 25.1 Å². The summed E-state index contributed by atoms with van der Waals surface area (Å²) in [6.07, 6.45) is 6.09. The summed E-state index contributed by atoms with van der Waals surface area (Å²) in [5, 5.41) is 3.59. The number of hydrogen-bond acceptors (Lipinski definition) is 2. The Morgan fingerprint density at radius 2 is 2.21 bits per heavy atom. The van der Waals surface area contributed by atoms with Crippen LogP contribution in [0.2, 0.25) is 0 Å². The van der Waals surface area contributed by atoms with Gasteiger partial charge in [-0.25, -0.2) is 4.98 Å². The minimum Gasteiger partial charge on any atom is -0.340 e. The third-order valence-electron chi connectivity index (χ3n) is 3.24. The van der Waals surface area contributed by atoms with E-state index in [2.05, 4.69) is 54.6 Å². The van der Waals surface area contributed by atoms with Gasteiger partial charge in [0.05, 0.1) is 18.1 Å². The average Bonchev–Trinajstić information content (AvgIpc) is 2.81. The van der Waals surface area contributed by atoms with E-state index in [1.54, 1.807) is 0 Å². The summed E-state index contributed by atoms with van der Waals surface area (Å²) in [6.45, 7) is 5.35. The Morgan fingerprint density at radius 3 is 2.84 bits per heavy atom. The Bertz CT molecular complexity index is 516. The molecule has 0 spiro atoms. The molecule has 3 nitrogen and oxygen atoms in total. The van der Waals surface area contributed by atoms with E-state index in [-0.39, 0.29) is 0 Å². The van der Waals surface area contributed by atoms with Crippen molar-refractivity contribution in [2.45, 2.75) is 32.7 Å². The molecule has 2 rings (SSSR count). The first-order valence-electron chi connectivity index (χ1n) is 6.96. The smallest absolute Gasteiger partial charge is 0.0947 e. The number of rotatable bonds is 6. The first kappa shape index (κ1) is 13.8. The van der Waals surface area contributed by atoms with Crippen LogP contribution >= 0.6 is 0 Å². The molecule has 1 aromatic carbocycles. The van der Waals surface area contributed by atoms with E-state index in [0.29, 0.717) is 6.04 Å². The van der Waals surface area contributed by atoms with Crippen LogP contribution in [0.15, 0.2) is 36.8 Å². The summed E-state index contributed by atoms with van der Waals surface area (Å²) in [4.78, 5) is 4.49. The van der Waals surface area contributed by atoms with Crippen LogP contribution in [0.3, 0.4) is 0 Å². The monoisotopic (exact) mass is 257 g/mol. The summed E-state index contributed by atoms with van der Waals surface area (Å²) in [5.41, 5.74) is 3.80. The second kappa shape index (κ2) is 6.53. The van der Waals surface area contributed by atoms with E-state index < -0.39 is 0 Å². The zero-order valence-electron chi connectivity index (χ0n) is 12.1. The van der Waals surface area contributed by atoms with Crippen molar-refractivity contribution in [2.24, 2.45) is 7.05 Å². The van der Waals surface area contributed by atoms with Gasteiger partial charge in [-0.3, -0.25) is 0 Å². The zero-order valence-corrected chi connectivity index (χ0v) is 12.1. The highest BCUT2D eigenvalue weighted by molar-refractivity contribution is 5.24. The van der Waals surface area contributed by atoms with Crippen LogP contribution in [-0.2, 0) is 13.5 Å². The summed E-state index contributed by atoms with van der Waals surface area (Å²) in [7, 11) is 2.01. The molecule has 0 amide bonds. The topological polar surface area (TPSA) is 29.9 Å². The van der Waals surface area contributed by atoms with Crippen molar-refractivity contribution in [3.05, 3.63) is 53.6 Å². The molecule has 1 atom stereocenters. The van der Waals surface area contributed by atoms with E-state index >= 15 is 0 Å². The number of aryl methyl sites for hydroxylation is 2. The Balaban J connectivity index is 2.13. The Morgan fingerprint density at radius 1 is 1.37 bits per heavy atom. The second-order valence-corrected chi connectivity index (χ2v) is 5.16. The summed E-state index contributed by atoms with van der Waals surface area (Å²) in [5.74, 6) is 0. The molecule has 0 aliphatic heterocycles. The fourth-order valence-corrected chi connectivity index (χ4v) is 2.29. The molecule has 1 unspecified atom stereocenters. The van der Waals surface area contributed by atoms with E-state index in [4.69, 9.17) is 0 Å². The Kier molecular flexibility index (Phi) is 4.74. The van der Waals surface area contributed by atoms with Gasteiger partial charge in [0, 0.05) is 13.2 Å². The zero-order chi connectivity index (χ0) is 13.7. The van der Waals surface area contributed by atoms with Gasteiger partial charge in [0.2, 0.25) is 0 Å². The highest BCUT2D eigenvalue weighted by Gasteiger charge is 2.14. The van der Waals surface area contributed by atoms with Crippen molar-refractivity contribution in [3.63, 3.8) is 0 Å². The van der Waals surface area contributed by atoms with Crippen molar-refractivity contribution < 1.29 is 0 Å². The lowest BCUT2D eigenvalue weighted by atomic mass is 10.0. The molecule has 0 bridgehead atoms. The normalized spacial score (nSPS) is 12.6. The van der Waals surface area contributed by atoms with Gasteiger partial charge in [-0.2, -0.15) is 0 Å². The molecule has 19 heavy (non-hydrogen) atoms. The van der Waals surface area contributed by atoms with Gasteiger partial charge >= 0.3 is 0 Å². The average molecular weight is 257 g/mol. The molecule has 0 aliphatic carbocycles. The largest absolute Gasteiger partial charge is 0.340 e. The molecule has 0 aliphatic rings. The van der Waals surface area contributed by atoms with Crippen molar-refractivity contribution in [1.29, 1.82) is 0 Å². The van der Waals surface area contributed by atoms with Crippen molar-refractivity contribution in [3.8, 4) is 0 Å². The van der Waals surface area contributed by atoms with Crippen molar-refractivity contribution >= 4 is 0 Å². The molecule has 1 N–H and O–H groups in total. The number of hydrogen-bond donors (Lipinski definition) is 1. The van der Waals surface area contributed by atoms with Gasteiger partial charge < -0.3 is 9.88 Å². The van der Waals surface area contributed by atoms with Gasteiger partial charge in [-0.1, -0.05) is 36.8 Å². The van der Waals surface area contributed by atoms with Gasteiger partial charge in [-0.15, -0.1) is 0 Å². The van der Waals surface area contributed by atoms with Gasteiger partial charge in [0.25, 0.3) is 0 Å². The summed E-state index contributed by atoms with van der Waals surface area (Å²) in [6, 6.07) is 9.00. The maximum absolute atomic E-state index is 4.49. The van der Waals surface area contributed by atoms with Crippen LogP contribution in [0, 0.1) is 6.92 Å². The van der Waals surface area contributed by atoms with Crippen LogP contribution in [0.1, 0.15) is 36.2 Å². The third-order valence-corrected chi connectivity index (χ3v) is 3.24. The quantitative estimate of drug-likeness (QED) is 0.862. The highest BCUT2D eigenvalue weighted by atomic mass is 15.0. The molecule has 1 heterocycles. The molecule has 0 saturated carbocycles. The molecule has 1 aromatic heterocycles. The third kappa shape index (κ3) is 3.93. The van der Waals surface area contributed by atoms with E-state index in [1.807, 2.05) is 17.9 Å². The van der Waals surface area contributed by atoms with Crippen LogP contribution in [-0.4, -0.2) is 16.1 Å². The lowest BCUT2D eigenvalue weighted by molar-refractivity contribution is 0.519. The lowest BCUT2D eigenvalue weighted by Crippen LogP contribution is -2.24. The van der Waals surface area contributed by atoms with Crippen LogP contribution in [0.4, 0.5) is 0 Å². The Labute approximate surface area is 115 Å². The molecule has 3 heteroatoms. The van der Waals surface area contributed by atoms with Gasteiger partial charge in [0.15, 0.2) is 0 Å². The fourth-order valence-electron chi connectivity index (χ4n) is 2.29. The van der Waals surface area contributed by atoms with Crippen LogP contribution < -0.4 is 5.32 Å². The van der Waals surface area contributed by atoms with Crippen LogP contribution in [0.25, 0.3) is 0 Å². The molecule has 0 fully saturated rings. The maximum Gasteiger partial charge on any atom is 0.0947 e. The second-order valence-electron chi connectivity index (χ2n) is 5.16. The predicted molar refractivity (Wildman–Crippen MR) is 79.1 cm³/mol. The Hall–Kier alpha value is -1.61. The maximum atomic E-state index is 4.49. The standard InChI is InChI=1S/C16H23N3/c1-4-8-17-15(16-11-19(3)12-18-16)10-14-7-5-6-13(2)9-14/h5-7,9,11-12,15,17H,4,8,10H2,1-3H3. The first-order valence-corrected chi connectivity index (χ1v) is 6.96. The lowest BCUT2D eigenvalue weighted by Gasteiger charge is -2.17. The summed E-state index contributed by atoms with van der Waals surface area (Å²) >= 11 is 0. The van der Waals surface area contributed by atoms with Crippen molar-refractivity contribution in [2.75, 3.05) is 6.54 Å². The molecule has 0 radical (unpaired) electrons. The van der Waals surface area contributed by atoms with E-state index in [1.165, 1.54) is 11.1 Å². The number of imidazole rings is 1. The first-order chi connectivity index (χ1) is 9.19. The molecule has 0 saturated heterocycles.